The molecule has 7 nitrogen and oxygen atoms in total. The topological polar surface area (TPSA) is 65.1 Å². The zero-order valence-electron chi connectivity index (χ0n) is 14.7. The van der Waals surface area contributed by atoms with Gasteiger partial charge in [0.2, 0.25) is 11.8 Å². The quantitative estimate of drug-likeness (QED) is 0.675. The summed E-state index contributed by atoms with van der Waals surface area (Å²) in [6.45, 7) is 7.57. The Balaban J connectivity index is 0.00000156. The molecule has 0 radical (unpaired) electrons. The number of ether oxygens (including phenoxy) is 1. The number of carbonyl (C=O) groups is 2. The molecule has 2 aliphatic heterocycles. The molecular formula is C16H30Cl2N4O3. The zero-order chi connectivity index (χ0) is 16.1. The fourth-order valence-electron chi connectivity index (χ4n) is 3.08. The largest absolute Gasteiger partial charge is 0.378 e. The van der Waals surface area contributed by atoms with Crippen molar-refractivity contribution in [3.8, 4) is 0 Å². The number of hydrogen-bond donors (Lipinski definition) is 1. The lowest BCUT2D eigenvalue weighted by Gasteiger charge is -2.36. The molecule has 2 heterocycles. The second-order valence-corrected chi connectivity index (χ2v) is 6.72. The number of hydrogen-bond acceptors (Lipinski definition) is 5. The third kappa shape index (κ3) is 7.27. The number of halogens is 2. The first-order chi connectivity index (χ1) is 11.2. The monoisotopic (exact) mass is 396 g/mol. The van der Waals surface area contributed by atoms with Crippen LogP contribution in [0.5, 0.6) is 0 Å². The summed E-state index contributed by atoms with van der Waals surface area (Å²) in [4.78, 5) is 30.3. The molecule has 0 aromatic heterocycles. The van der Waals surface area contributed by atoms with Gasteiger partial charge in [-0.3, -0.25) is 14.5 Å². The summed E-state index contributed by atoms with van der Waals surface area (Å²) in [5.41, 5.74) is 0. The molecule has 0 atom stereocenters. The van der Waals surface area contributed by atoms with Crippen LogP contribution in [0.1, 0.15) is 12.8 Å². The molecule has 3 aliphatic rings. The second-order valence-electron chi connectivity index (χ2n) is 6.72. The number of morpholine rings is 1. The van der Waals surface area contributed by atoms with Gasteiger partial charge in [-0.25, -0.2) is 0 Å². The van der Waals surface area contributed by atoms with Crippen molar-refractivity contribution in [2.24, 2.45) is 5.92 Å². The van der Waals surface area contributed by atoms with Crippen molar-refractivity contribution in [1.82, 2.24) is 20.0 Å². The molecule has 0 bridgehead atoms. The van der Waals surface area contributed by atoms with Gasteiger partial charge >= 0.3 is 0 Å². The van der Waals surface area contributed by atoms with Crippen molar-refractivity contribution in [2.45, 2.75) is 12.8 Å². The molecule has 1 N–H and O–H groups in total. The van der Waals surface area contributed by atoms with Gasteiger partial charge in [0, 0.05) is 39.3 Å². The van der Waals surface area contributed by atoms with Gasteiger partial charge in [0.1, 0.15) is 0 Å². The molecule has 9 heteroatoms. The van der Waals surface area contributed by atoms with Gasteiger partial charge < -0.3 is 19.9 Å². The minimum atomic E-state index is 0. The van der Waals surface area contributed by atoms with E-state index in [0.717, 1.165) is 38.6 Å². The maximum atomic E-state index is 12.2. The highest BCUT2D eigenvalue weighted by atomic mass is 35.5. The van der Waals surface area contributed by atoms with E-state index in [4.69, 9.17) is 4.74 Å². The van der Waals surface area contributed by atoms with Crippen LogP contribution in [0.3, 0.4) is 0 Å². The average Bonchev–Trinajstić information content (AvgIpc) is 3.40. The number of nitrogens with one attached hydrogen (secondary N) is 1. The standard InChI is InChI=1S/C16H28N4O3.2ClH/c21-15(12-17-11-14-1-2-14)19-5-3-18(4-6-19)13-16(22)20-7-9-23-10-8-20;;/h14,17H,1-13H2;2*1H. The first-order valence-electron chi connectivity index (χ1n) is 8.79. The van der Waals surface area contributed by atoms with Gasteiger partial charge in [0.15, 0.2) is 0 Å². The van der Waals surface area contributed by atoms with Gasteiger partial charge in [0.05, 0.1) is 26.3 Å². The van der Waals surface area contributed by atoms with E-state index in [2.05, 4.69) is 10.2 Å². The van der Waals surface area contributed by atoms with Crippen LogP contribution in [0.25, 0.3) is 0 Å². The lowest BCUT2D eigenvalue weighted by Crippen LogP contribution is -2.53. The smallest absolute Gasteiger partial charge is 0.236 e. The summed E-state index contributed by atoms with van der Waals surface area (Å²) < 4.78 is 5.27. The number of nitrogens with zero attached hydrogens (tertiary/aromatic N) is 3. The predicted molar refractivity (Wildman–Crippen MR) is 101 cm³/mol. The van der Waals surface area contributed by atoms with Crippen LogP contribution >= 0.6 is 24.8 Å². The lowest BCUT2D eigenvalue weighted by molar-refractivity contribution is -0.137. The van der Waals surface area contributed by atoms with E-state index in [1.165, 1.54) is 12.8 Å². The molecular weight excluding hydrogens is 367 g/mol. The predicted octanol–water partition coefficient (Wildman–Crippen LogP) is -0.167. The highest BCUT2D eigenvalue weighted by Crippen LogP contribution is 2.27. The summed E-state index contributed by atoms with van der Waals surface area (Å²) in [6, 6.07) is 0. The van der Waals surface area contributed by atoms with Crippen molar-refractivity contribution in [1.29, 1.82) is 0 Å². The van der Waals surface area contributed by atoms with E-state index < -0.39 is 0 Å². The Bertz CT molecular complexity index is 424. The molecule has 3 fully saturated rings. The SMILES string of the molecule is Cl.Cl.O=C(CNCC1CC1)N1CCN(CC(=O)N2CCOCC2)CC1. The van der Waals surface area contributed by atoms with E-state index in [1.807, 2.05) is 9.80 Å². The molecule has 1 aliphatic carbocycles. The molecule has 3 rings (SSSR count). The third-order valence-corrected chi connectivity index (χ3v) is 4.85. The first-order valence-corrected chi connectivity index (χ1v) is 8.79. The Morgan fingerprint density at radius 3 is 2.08 bits per heavy atom. The van der Waals surface area contributed by atoms with Crippen LogP contribution in [-0.4, -0.2) is 98.6 Å². The van der Waals surface area contributed by atoms with Gasteiger partial charge in [-0.05, 0) is 25.3 Å². The summed E-state index contributed by atoms with van der Waals surface area (Å²) >= 11 is 0. The Morgan fingerprint density at radius 2 is 1.48 bits per heavy atom. The van der Waals surface area contributed by atoms with Crippen LogP contribution < -0.4 is 5.32 Å². The van der Waals surface area contributed by atoms with Crippen molar-refractivity contribution >= 4 is 36.6 Å². The number of piperazine rings is 1. The van der Waals surface area contributed by atoms with Crippen LogP contribution in [0, 0.1) is 5.92 Å². The Hall–Kier alpha value is -0.600. The van der Waals surface area contributed by atoms with Crippen LogP contribution in [-0.2, 0) is 14.3 Å². The fraction of sp³-hybridized carbons (Fsp3) is 0.875. The highest BCUT2D eigenvalue weighted by Gasteiger charge is 2.25. The normalized spacial score (nSPS) is 21.3. The molecule has 0 spiro atoms. The van der Waals surface area contributed by atoms with Gasteiger partial charge in [-0.2, -0.15) is 0 Å². The van der Waals surface area contributed by atoms with E-state index in [0.29, 0.717) is 39.4 Å². The molecule has 1 saturated carbocycles. The first kappa shape index (κ1) is 22.4. The van der Waals surface area contributed by atoms with E-state index >= 15 is 0 Å². The molecule has 2 saturated heterocycles. The highest BCUT2D eigenvalue weighted by molar-refractivity contribution is 5.85. The van der Waals surface area contributed by atoms with Crippen LogP contribution in [0.4, 0.5) is 0 Å². The second kappa shape index (κ2) is 11.2. The number of rotatable bonds is 6. The van der Waals surface area contributed by atoms with Crippen molar-refractivity contribution in [3.05, 3.63) is 0 Å². The Kier molecular flexibility index (Phi) is 10.0. The Morgan fingerprint density at radius 1 is 0.880 bits per heavy atom. The van der Waals surface area contributed by atoms with E-state index in [1.54, 1.807) is 0 Å². The number of carbonyl (C=O) groups excluding carboxylic acids is 2. The Labute approximate surface area is 162 Å². The molecule has 0 unspecified atom stereocenters. The maximum Gasteiger partial charge on any atom is 0.236 e. The van der Waals surface area contributed by atoms with Gasteiger partial charge in [0.25, 0.3) is 0 Å². The summed E-state index contributed by atoms with van der Waals surface area (Å²) in [5, 5.41) is 3.25. The van der Waals surface area contributed by atoms with E-state index in [9.17, 15) is 9.59 Å². The van der Waals surface area contributed by atoms with Crippen LogP contribution in [0.2, 0.25) is 0 Å². The average molecular weight is 397 g/mol. The summed E-state index contributed by atoms with van der Waals surface area (Å²) in [5.74, 6) is 1.16. The van der Waals surface area contributed by atoms with Crippen LogP contribution in [0.15, 0.2) is 0 Å². The van der Waals surface area contributed by atoms with Gasteiger partial charge in [-0.1, -0.05) is 0 Å². The van der Waals surface area contributed by atoms with Crippen molar-refractivity contribution in [2.75, 3.05) is 72.1 Å². The minimum absolute atomic E-state index is 0. The number of amides is 2. The summed E-state index contributed by atoms with van der Waals surface area (Å²) in [7, 11) is 0. The summed E-state index contributed by atoms with van der Waals surface area (Å²) in [6.07, 6.45) is 2.61. The minimum Gasteiger partial charge on any atom is -0.378 e. The lowest BCUT2D eigenvalue weighted by atomic mass is 10.3. The molecule has 25 heavy (non-hydrogen) atoms. The van der Waals surface area contributed by atoms with E-state index in [-0.39, 0.29) is 36.6 Å². The zero-order valence-corrected chi connectivity index (χ0v) is 16.3. The fourth-order valence-corrected chi connectivity index (χ4v) is 3.08. The third-order valence-electron chi connectivity index (χ3n) is 4.85. The van der Waals surface area contributed by atoms with Gasteiger partial charge in [-0.15, -0.1) is 24.8 Å². The molecule has 146 valence electrons. The maximum absolute atomic E-state index is 12.2. The molecule has 2 amide bonds. The molecule has 0 aromatic rings. The molecule has 0 aromatic carbocycles. The van der Waals surface area contributed by atoms with Crippen molar-refractivity contribution in [3.63, 3.8) is 0 Å². The van der Waals surface area contributed by atoms with Crippen molar-refractivity contribution < 1.29 is 14.3 Å².